The summed E-state index contributed by atoms with van der Waals surface area (Å²) >= 11 is 0. The molecule has 16 nitrogen and oxygen atoms in total. The molecular formula is C30H34N10O6. The van der Waals surface area contributed by atoms with Gasteiger partial charge in [-0.05, 0) is 66.5 Å². The number of nitrogens with zero attached hydrogens (tertiary/aromatic N) is 9. The highest BCUT2D eigenvalue weighted by molar-refractivity contribution is 5.89. The first kappa shape index (κ1) is 31.8. The van der Waals surface area contributed by atoms with Gasteiger partial charge in [-0.15, -0.1) is 5.10 Å². The number of benzene rings is 1. The number of rotatable bonds is 11. The van der Waals surface area contributed by atoms with Crippen molar-refractivity contribution < 1.29 is 24.2 Å². The number of amides is 2. The maximum atomic E-state index is 13.8. The Hall–Kier alpha value is -5.64. The number of carboxylic acid groups (broad SMARTS) is 1. The summed E-state index contributed by atoms with van der Waals surface area (Å²) in [7, 11) is 5.13. The van der Waals surface area contributed by atoms with Crippen molar-refractivity contribution >= 4 is 41.4 Å². The van der Waals surface area contributed by atoms with E-state index in [1.807, 2.05) is 29.2 Å². The Labute approximate surface area is 263 Å². The molecule has 0 unspecified atom stereocenters. The first-order valence-electron chi connectivity index (χ1n) is 14.4. The molecule has 1 aliphatic rings. The minimum atomic E-state index is -1.14. The monoisotopic (exact) mass is 630 g/mol. The lowest BCUT2D eigenvalue weighted by Crippen LogP contribution is -2.52. The molecule has 0 atom stereocenters. The SMILES string of the molecule is COc1ccc(Cn2nnnc2/C=C/c2c(N3CCN(C(=O)CNC(=O)CN(C)C)CC3)nc3cc(C(=O)O)ccn3c2=O)cc1. The maximum Gasteiger partial charge on any atom is 0.335 e. The number of fused-ring (bicyclic) bond motifs is 1. The van der Waals surface area contributed by atoms with Gasteiger partial charge in [-0.2, -0.15) is 0 Å². The summed E-state index contributed by atoms with van der Waals surface area (Å²) < 4.78 is 8.09. The molecule has 240 valence electrons. The van der Waals surface area contributed by atoms with E-state index < -0.39 is 11.5 Å². The summed E-state index contributed by atoms with van der Waals surface area (Å²) in [6.07, 6.45) is 4.60. The van der Waals surface area contributed by atoms with Crippen molar-refractivity contribution in [1.29, 1.82) is 0 Å². The molecule has 0 radical (unpaired) electrons. The normalized spacial score (nSPS) is 13.5. The Kier molecular flexibility index (Phi) is 9.66. The number of carbonyl (C=O) groups is 3. The first-order chi connectivity index (χ1) is 22.1. The first-order valence-corrected chi connectivity index (χ1v) is 14.4. The second kappa shape index (κ2) is 14.0. The molecule has 1 fully saturated rings. The number of piperazine rings is 1. The van der Waals surface area contributed by atoms with Crippen LogP contribution in [0, 0.1) is 0 Å². The molecule has 1 aromatic carbocycles. The number of tetrazole rings is 1. The Morgan fingerprint density at radius 3 is 2.48 bits per heavy atom. The fourth-order valence-electron chi connectivity index (χ4n) is 4.96. The van der Waals surface area contributed by atoms with Crippen molar-refractivity contribution in [1.82, 2.24) is 44.7 Å². The molecule has 4 heterocycles. The lowest BCUT2D eigenvalue weighted by molar-refractivity contribution is -0.133. The van der Waals surface area contributed by atoms with Crippen LogP contribution < -0.4 is 20.5 Å². The van der Waals surface area contributed by atoms with Gasteiger partial charge < -0.3 is 29.9 Å². The number of ether oxygens (including phenoxy) is 1. The zero-order valence-electron chi connectivity index (χ0n) is 25.7. The number of hydrogen-bond donors (Lipinski definition) is 2. The molecule has 2 amide bonds. The molecule has 0 spiro atoms. The third-order valence-corrected chi connectivity index (χ3v) is 7.37. The number of aromatic nitrogens is 6. The summed E-state index contributed by atoms with van der Waals surface area (Å²) in [5, 5.41) is 24.1. The molecule has 2 N–H and O–H groups in total. The van der Waals surface area contributed by atoms with E-state index in [4.69, 9.17) is 9.72 Å². The summed E-state index contributed by atoms with van der Waals surface area (Å²) in [6, 6.07) is 10.2. The number of nitrogens with one attached hydrogen (secondary N) is 1. The summed E-state index contributed by atoms with van der Waals surface area (Å²) in [4.78, 5) is 60.1. The zero-order valence-corrected chi connectivity index (χ0v) is 25.7. The van der Waals surface area contributed by atoms with Gasteiger partial charge in [-0.25, -0.2) is 14.5 Å². The molecule has 4 aromatic rings. The summed E-state index contributed by atoms with van der Waals surface area (Å²) in [6.45, 7) is 1.83. The standard InChI is InChI=1S/C30H34N10O6/c1-36(2)19-26(41)31-17-27(42)37-12-14-38(15-13-37)28-23(29(43)39-11-10-21(30(44)45)16-25(39)32-28)8-9-24-33-34-35-40(24)18-20-4-6-22(46-3)7-5-20/h4-11,16H,12-15,17-19H2,1-3H3,(H,31,41)(H,44,45)/b9-8+. The van der Waals surface area contributed by atoms with E-state index in [9.17, 15) is 24.3 Å². The third-order valence-electron chi connectivity index (χ3n) is 7.37. The highest BCUT2D eigenvalue weighted by atomic mass is 16.5. The van der Waals surface area contributed by atoms with Crippen LogP contribution >= 0.6 is 0 Å². The van der Waals surface area contributed by atoms with Gasteiger partial charge in [0.25, 0.3) is 5.56 Å². The molecular weight excluding hydrogens is 596 g/mol. The van der Waals surface area contributed by atoms with E-state index in [1.165, 1.54) is 22.7 Å². The highest BCUT2D eigenvalue weighted by Crippen LogP contribution is 2.21. The zero-order chi connectivity index (χ0) is 32.8. The van der Waals surface area contributed by atoms with Crippen LogP contribution in [0.15, 0.2) is 47.4 Å². The number of methoxy groups -OCH3 is 1. The quantitative estimate of drug-likeness (QED) is 0.226. The van der Waals surface area contributed by atoms with E-state index >= 15 is 0 Å². The van der Waals surface area contributed by atoms with E-state index in [-0.39, 0.29) is 41.7 Å². The number of hydrogen-bond acceptors (Lipinski definition) is 11. The van der Waals surface area contributed by atoms with Crippen molar-refractivity contribution in [2.75, 3.05) is 65.4 Å². The van der Waals surface area contributed by atoms with Gasteiger partial charge in [0.1, 0.15) is 17.2 Å². The number of anilines is 1. The minimum Gasteiger partial charge on any atom is -0.497 e. The molecule has 3 aromatic heterocycles. The van der Waals surface area contributed by atoms with Crippen molar-refractivity contribution in [3.8, 4) is 5.75 Å². The van der Waals surface area contributed by atoms with Crippen LogP contribution in [0.25, 0.3) is 17.8 Å². The Morgan fingerprint density at radius 2 is 1.80 bits per heavy atom. The van der Waals surface area contributed by atoms with Crippen LogP contribution in [0.3, 0.4) is 0 Å². The molecule has 1 aliphatic heterocycles. The van der Waals surface area contributed by atoms with Gasteiger partial charge in [0, 0.05) is 32.4 Å². The van der Waals surface area contributed by atoms with Crippen LogP contribution in [0.2, 0.25) is 0 Å². The van der Waals surface area contributed by atoms with Crippen LogP contribution in [0.5, 0.6) is 5.75 Å². The molecule has 1 saturated heterocycles. The largest absolute Gasteiger partial charge is 0.497 e. The van der Waals surface area contributed by atoms with Gasteiger partial charge in [0.05, 0.1) is 37.9 Å². The predicted molar refractivity (Wildman–Crippen MR) is 168 cm³/mol. The highest BCUT2D eigenvalue weighted by Gasteiger charge is 2.25. The van der Waals surface area contributed by atoms with E-state index in [1.54, 1.807) is 47.8 Å². The van der Waals surface area contributed by atoms with Gasteiger partial charge >= 0.3 is 5.97 Å². The predicted octanol–water partition coefficient (Wildman–Crippen LogP) is -0.0671. The average molecular weight is 631 g/mol. The molecule has 0 aliphatic carbocycles. The van der Waals surface area contributed by atoms with Crippen LogP contribution in [-0.4, -0.2) is 123 Å². The number of pyridine rings is 1. The number of carboxylic acids is 1. The number of aromatic carboxylic acids is 1. The molecule has 0 bridgehead atoms. The lowest BCUT2D eigenvalue weighted by atomic mass is 10.2. The summed E-state index contributed by atoms with van der Waals surface area (Å²) in [5.41, 5.74) is 0.934. The maximum absolute atomic E-state index is 13.8. The van der Waals surface area contributed by atoms with Gasteiger partial charge in [0.15, 0.2) is 5.82 Å². The molecule has 0 saturated carbocycles. The van der Waals surface area contributed by atoms with E-state index in [2.05, 4.69) is 20.8 Å². The number of carbonyl (C=O) groups excluding carboxylic acids is 2. The van der Waals surface area contributed by atoms with E-state index in [0.717, 1.165) is 11.3 Å². The van der Waals surface area contributed by atoms with Crippen LogP contribution in [0.1, 0.15) is 27.3 Å². The molecule has 16 heteroatoms. The molecule has 5 rings (SSSR count). The fourth-order valence-corrected chi connectivity index (χ4v) is 4.96. The van der Waals surface area contributed by atoms with Crippen LogP contribution in [0.4, 0.5) is 5.82 Å². The van der Waals surface area contributed by atoms with Crippen molar-refractivity contribution in [3.05, 3.63) is 75.5 Å². The van der Waals surface area contributed by atoms with Gasteiger partial charge in [-0.3, -0.25) is 18.8 Å². The van der Waals surface area contributed by atoms with Crippen molar-refractivity contribution in [2.45, 2.75) is 6.54 Å². The van der Waals surface area contributed by atoms with Gasteiger partial charge in [-0.1, -0.05) is 12.1 Å². The van der Waals surface area contributed by atoms with Gasteiger partial charge in [0.2, 0.25) is 11.8 Å². The smallest absolute Gasteiger partial charge is 0.335 e. The Balaban J connectivity index is 1.40. The van der Waals surface area contributed by atoms with E-state index in [0.29, 0.717) is 44.4 Å². The topological polar surface area (TPSA) is 180 Å². The second-order valence-corrected chi connectivity index (χ2v) is 10.9. The number of likely N-dealkylation sites (N-methyl/N-ethyl adjacent to an activating group) is 1. The molecule has 46 heavy (non-hydrogen) atoms. The van der Waals surface area contributed by atoms with Crippen molar-refractivity contribution in [3.63, 3.8) is 0 Å². The third kappa shape index (κ3) is 7.35. The van der Waals surface area contributed by atoms with Crippen LogP contribution in [-0.2, 0) is 16.1 Å². The van der Waals surface area contributed by atoms with Crippen molar-refractivity contribution in [2.24, 2.45) is 0 Å². The Bertz CT molecular complexity index is 1820. The fraction of sp³-hybridized carbons (Fsp3) is 0.333. The lowest BCUT2D eigenvalue weighted by Gasteiger charge is -2.36. The Morgan fingerprint density at radius 1 is 1.07 bits per heavy atom. The second-order valence-electron chi connectivity index (χ2n) is 10.9. The average Bonchev–Trinajstić information content (AvgIpc) is 3.49. The minimum absolute atomic E-state index is 0.00872. The summed E-state index contributed by atoms with van der Waals surface area (Å²) in [5.74, 6) is -0.137.